The second kappa shape index (κ2) is 11.3. The van der Waals surface area contributed by atoms with Crippen LogP contribution < -0.4 is 14.8 Å². The molecule has 3 rings (SSSR count). The molecular formula is C23H20F2N2O5S. The quantitative estimate of drug-likeness (QED) is 0.550. The molecule has 2 aromatic carbocycles. The van der Waals surface area contributed by atoms with Gasteiger partial charge in [-0.3, -0.25) is 19.3 Å². The summed E-state index contributed by atoms with van der Waals surface area (Å²) in [6.45, 7) is -2.90. The van der Waals surface area contributed by atoms with E-state index < -0.39 is 17.8 Å². The molecule has 10 heteroatoms. The van der Waals surface area contributed by atoms with Crippen molar-refractivity contribution in [3.05, 3.63) is 70.6 Å². The Kier molecular flexibility index (Phi) is 8.20. The maximum absolute atomic E-state index is 12.6. The third-order valence-corrected chi connectivity index (χ3v) is 5.34. The molecule has 2 aromatic rings. The number of nitrogens with zero attached hydrogens (tertiary/aromatic N) is 1. The summed E-state index contributed by atoms with van der Waals surface area (Å²) in [6, 6.07) is 13.5. The largest absolute Gasteiger partial charge is 0.493 e. The molecule has 0 unspecified atom stereocenters. The van der Waals surface area contributed by atoms with Crippen molar-refractivity contribution in [3.8, 4) is 11.5 Å². The fourth-order valence-electron chi connectivity index (χ4n) is 2.90. The minimum absolute atomic E-state index is 0.0113. The predicted octanol–water partition coefficient (Wildman–Crippen LogP) is 4.16. The molecule has 0 atom stereocenters. The molecule has 0 bridgehead atoms. The maximum atomic E-state index is 12.6. The molecule has 1 saturated heterocycles. The first-order valence-electron chi connectivity index (χ1n) is 9.76. The molecule has 33 heavy (non-hydrogen) atoms. The summed E-state index contributed by atoms with van der Waals surface area (Å²) in [5.41, 5.74) is 1.34. The van der Waals surface area contributed by atoms with Crippen LogP contribution in [-0.4, -0.2) is 48.8 Å². The van der Waals surface area contributed by atoms with Gasteiger partial charge in [0.05, 0.1) is 12.0 Å². The Morgan fingerprint density at radius 1 is 1.12 bits per heavy atom. The van der Waals surface area contributed by atoms with E-state index in [1.807, 2.05) is 30.3 Å². The molecule has 0 aromatic heterocycles. The topological polar surface area (TPSA) is 84.9 Å². The predicted molar refractivity (Wildman–Crippen MR) is 121 cm³/mol. The Balaban J connectivity index is 1.58. The lowest BCUT2D eigenvalue weighted by molar-refractivity contribution is -0.123. The number of nitrogens with one attached hydrogen (secondary N) is 1. The van der Waals surface area contributed by atoms with Crippen molar-refractivity contribution in [2.45, 2.75) is 6.61 Å². The highest BCUT2D eigenvalue weighted by Crippen LogP contribution is 2.34. The van der Waals surface area contributed by atoms with Gasteiger partial charge in [0.15, 0.2) is 11.5 Å². The molecule has 1 fully saturated rings. The van der Waals surface area contributed by atoms with Crippen molar-refractivity contribution in [1.29, 1.82) is 0 Å². The zero-order valence-electron chi connectivity index (χ0n) is 17.5. The Morgan fingerprint density at radius 2 is 1.88 bits per heavy atom. The molecule has 1 aliphatic heterocycles. The number of thioether (sulfide) groups is 1. The van der Waals surface area contributed by atoms with Crippen LogP contribution >= 0.6 is 11.8 Å². The highest BCUT2D eigenvalue weighted by atomic mass is 32.2. The molecule has 7 nitrogen and oxygen atoms in total. The van der Waals surface area contributed by atoms with Crippen molar-refractivity contribution in [3.63, 3.8) is 0 Å². The van der Waals surface area contributed by atoms with Gasteiger partial charge < -0.3 is 14.8 Å². The minimum atomic E-state index is -3.00. The van der Waals surface area contributed by atoms with Gasteiger partial charge in [0.25, 0.3) is 11.1 Å². The zero-order valence-corrected chi connectivity index (χ0v) is 18.3. The standard InChI is InChI=1S/C23H20F2N2O5S/c1-31-18-13-16(7-9-17(18)32-22(24)25)14-19-21(29)27(23(30)33-19)12-11-26-20(28)10-8-15-5-3-2-4-6-15/h2-10,13-14,22H,11-12H2,1H3,(H,26,28)/b10-8+,19-14-. The minimum Gasteiger partial charge on any atom is -0.493 e. The Bertz CT molecular complexity index is 1090. The third kappa shape index (κ3) is 6.66. The maximum Gasteiger partial charge on any atom is 0.387 e. The van der Waals surface area contributed by atoms with Crippen LogP contribution in [0.4, 0.5) is 13.6 Å². The SMILES string of the molecule is COc1cc(/C=C2\SC(=O)N(CCNC(=O)/C=C/c3ccccc3)C2=O)ccc1OC(F)F. The number of carbonyl (C=O) groups is 3. The number of methoxy groups -OCH3 is 1. The Morgan fingerprint density at radius 3 is 2.58 bits per heavy atom. The lowest BCUT2D eigenvalue weighted by Crippen LogP contribution is -2.36. The van der Waals surface area contributed by atoms with Gasteiger partial charge in [-0.25, -0.2) is 0 Å². The zero-order chi connectivity index (χ0) is 23.8. The van der Waals surface area contributed by atoms with Gasteiger partial charge in [0.2, 0.25) is 5.91 Å². The van der Waals surface area contributed by atoms with Gasteiger partial charge in [0, 0.05) is 19.2 Å². The van der Waals surface area contributed by atoms with E-state index >= 15 is 0 Å². The van der Waals surface area contributed by atoms with Crippen LogP contribution in [0, 0.1) is 0 Å². The van der Waals surface area contributed by atoms with E-state index in [0.717, 1.165) is 22.2 Å². The van der Waals surface area contributed by atoms with Crippen molar-refractivity contribution < 1.29 is 32.6 Å². The van der Waals surface area contributed by atoms with Crippen LogP contribution in [0.15, 0.2) is 59.5 Å². The molecule has 0 saturated carbocycles. The number of alkyl halides is 2. The first-order chi connectivity index (χ1) is 15.9. The number of amides is 3. The van der Waals surface area contributed by atoms with Gasteiger partial charge in [0.1, 0.15) is 0 Å². The monoisotopic (exact) mass is 474 g/mol. The van der Waals surface area contributed by atoms with E-state index in [-0.39, 0.29) is 35.4 Å². The highest BCUT2D eigenvalue weighted by Gasteiger charge is 2.34. The highest BCUT2D eigenvalue weighted by molar-refractivity contribution is 8.18. The number of rotatable bonds is 9. The number of ether oxygens (including phenoxy) is 2. The third-order valence-electron chi connectivity index (χ3n) is 4.44. The van der Waals surface area contributed by atoms with Crippen LogP contribution in [0.2, 0.25) is 0 Å². The average molecular weight is 474 g/mol. The van der Waals surface area contributed by atoms with Crippen molar-refractivity contribution in [2.75, 3.05) is 20.2 Å². The Hall–Kier alpha value is -3.66. The summed E-state index contributed by atoms with van der Waals surface area (Å²) in [6.07, 6.45) is 4.49. The molecule has 1 heterocycles. The lowest BCUT2D eigenvalue weighted by Gasteiger charge is -2.12. The van der Waals surface area contributed by atoms with E-state index in [4.69, 9.17) is 4.74 Å². The van der Waals surface area contributed by atoms with Crippen molar-refractivity contribution in [2.24, 2.45) is 0 Å². The van der Waals surface area contributed by atoms with E-state index in [9.17, 15) is 23.2 Å². The number of imide groups is 1. The summed E-state index contributed by atoms with van der Waals surface area (Å²) in [5.74, 6) is -0.935. The number of carbonyl (C=O) groups excluding carboxylic acids is 3. The van der Waals surface area contributed by atoms with Gasteiger partial charge >= 0.3 is 6.61 Å². The van der Waals surface area contributed by atoms with Crippen LogP contribution in [0.3, 0.4) is 0 Å². The van der Waals surface area contributed by atoms with Gasteiger partial charge in [-0.1, -0.05) is 36.4 Å². The summed E-state index contributed by atoms with van der Waals surface area (Å²) < 4.78 is 34.3. The fourth-order valence-corrected chi connectivity index (χ4v) is 3.76. The lowest BCUT2D eigenvalue weighted by atomic mass is 10.2. The Labute approximate surface area is 193 Å². The number of halogens is 2. The van der Waals surface area contributed by atoms with Crippen LogP contribution in [0.25, 0.3) is 12.2 Å². The number of benzene rings is 2. The van der Waals surface area contributed by atoms with Crippen LogP contribution in [-0.2, 0) is 9.59 Å². The summed E-state index contributed by atoms with van der Waals surface area (Å²) in [4.78, 5) is 38.0. The number of hydrogen-bond donors (Lipinski definition) is 1. The first kappa shape index (κ1) is 24.0. The summed E-state index contributed by atoms with van der Waals surface area (Å²) in [5, 5.41) is 2.16. The normalized spacial score (nSPS) is 15.0. The van der Waals surface area contributed by atoms with E-state index in [2.05, 4.69) is 10.1 Å². The van der Waals surface area contributed by atoms with Crippen LogP contribution in [0.1, 0.15) is 11.1 Å². The molecule has 0 radical (unpaired) electrons. The molecule has 1 aliphatic rings. The number of hydrogen-bond acceptors (Lipinski definition) is 6. The summed E-state index contributed by atoms with van der Waals surface area (Å²) >= 11 is 0.751. The second-order valence-electron chi connectivity index (χ2n) is 6.66. The molecule has 172 valence electrons. The average Bonchev–Trinajstić information content (AvgIpc) is 3.06. The molecule has 0 spiro atoms. The van der Waals surface area contributed by atoms with Crippen LogP contribution in [0.5, 0.6) is 11.5 Å². The van der Waals surface area contributed by atoms with Gasteiger partial charge in [-0.2, -0.15) is 8.78 Å². The molecule has 3 amide bonds. The van der Waals surface area contributed by atoms with Gasteiger partial charge in [-0.15, -0.1) is 0 Å². The van der Waals surface area contributed by atoms with E-state index in [1.54, 1.807) is 6.08 Å². The smallest absolute Gasteiger partial charge is 0.387 e. The van der Waals surface area contributed by atoms with E-state index in [0.29, 0.717) is 5.56 Å². The molecule has 1 N–H and O–H groups in total. The first-order valence-corrected chi connectivity index (χ1v) is 10.6. The van der Waals surface area contributed by atoms with Crippen molar-refractivity contribution >= 4 is 41.0 Å². The second-order valence-corrected chi connectivity index (χ2v) is 7.65. The summed E-state index contributed by atoms with van der Waals surface area (Å²) in [7, 11) is 1.30. The molecule has 0 aliphatic carbocycles. The van der Waals surface area contributed by atoms with Gasteiger partial charge in [-0.05, 0) is 47.2 Å². The van der Waals surface area contributed by atoms with E-state index in [1.165, 1.54) is 37.5 Å². The molecular weight excluding hydrogens is 454 g/mol. The van der Waals surface area contributed by atoms with Crippen molar-refractivity contribution in [1.82, 2.24) is 10.2 Å². The fraction of sp³-hybridized carbons (Fsp3) is 0.174.